The molecule has 2 nitrogen and oxygen atoms in total. The highest BCUT2D eigenvalue weighted by Crippen LogP contribution is 2.63. The van der Waals surface area contributed by atoms with E-state index in [4.69, 9.17) is 9.47 Å². The Labute approximate surface area is 155 Å². The molecule has 2 aliphatic carbocycles. The molecule has 3 heteroatoms. The lowest BCUT2D eigenvalue weighted by molar-refractivity contribution is 0.0689. The molecule has 1 saturated carbocycles. The van der Waals surface area contributed by atoms with E-state index in [0.717, 1.165) is 17.9 Å². The van der Waals surface area contributed by atoms with Gasteiger partial charge in [0.15, 0.2) is 11.5 Å². The van der Waals surface area contributed by atoms with Crippen LogP contribution in [0.15, 0.2) is 4.47 Å². The van der Waals surface area contributed by atoms with Gasteiger partial charge in [-0.25, -0.2) is 0 Å². The molecule has 0 amide bonds. The Balaban J connectivity index is 2.33. The molecule has 134 valence electrons. The topological polar surface area (TPSA) is 18.5 Å². The van der Waals surface area contributed by atoms with Gasteiger partial charge in [0.05, 0.1) is 14.2 Å². The number of rotatable bonds is 3. The molecular formula is C21H31BrO2. The molecule has 1 aromatic rings. The summed E-state index contributed by atoms with van der Waals surface area (Å²) in [6.07, 6.45) is 4.98. The van der Waals surface area contributed by atoms with E-state index in [0.29, 0.717) is 17.3 Å². The number of benzene rings is 1. The van der Waals surface area contributed by atoms with Crippen molar-refractivity contribution in [2.24, 2.45) is 11.3 Å². The van der Waals surface area contributed by atoms with Crippen LogP contribution in [-0.2, 0) is 11.8 Å². The minimum absolute atomic E-state index is 0.174. The summed E-state index contributed by atoms with van der Waals surface area (Å²) >= 11 is 3.95. The van der Waals surface area contributed by atoms with Gasteiger partial charge >= 0.3 is 0 Å². The Morgan fingerprint density at radius 1 is 1.04 bits per heavy atom. The number of hydrogen-bond acceptors (Lipinski definition) is 2. The highest BCUT2D eigenvalue weighted by Gasteiger charge is 2.54. The molecule has 0 radical (unpaired) electrons. The van der Waals surface area contributed by atoms with E-state index in [1.807, 2.05) is 0 Å². The smallest absolute Gasteiger partial charge is 0.165 e. The van der Waals surface area contributed by atoms with Gasteiger partial charge in [0.25, 0.3) is 0 Å². The summed E-state index contributed by atoms with van der Waals surface area (Å²) in [5.74, 6) is 2.94. The minimum Gasteiger partial charge on any atom is -0.493 e. The van der Waals surface area contributed by atoms with E-state index in [1.54, 1.807) is 14.2 Å². The molecule has 0 aliphatic heterocycles. The van der Waals surface area contributed by atoms with Crippen LogP contribution in [0.25, 0.3) is 0 Å². The summed E-state index contributed by atoms with van der Waals surface area (Å²) in [7, 11) is 3.56. The van der Waals surface area contributed by atoms with E-state index in [9.17, 15) is 0 Å². The largest absolute Gasteiger partial charge is 0.493 e. The molecule has 0 heterocycles. The van der Waals surface area contributed by atoms with Gasteiger partial charge in [-0.05, 0) is 42.1 Å². The van der Waals surface area contributed by atoms with E-state index < -0.39 is 0 Å². The van der Waals surface area contributed by atoms with Gasteiger partial charge in [-0.15, -0.1) is 0 Å². The van der Waals surface area contributed by atoms with Crippen LogP contribution in [0.4, 0.5) is 0 Å². The zero-order valence-corrected chi connectivity index (χ0v) is 17.8. The van der Waals surface area contributed by atoms with Crippen molar-refractivity contribution in [1.29, 1.82) is 0 Å². The monoisotopic (exact) mass is 394 g/mol. The van der Waals surface area contributed by atoms with E-state index in [-0.39, 0.29) is 5.41 Å². The summed E-state index contributed by atoms with van der Waals surface area (Å²) in [6.45, 7) is 11.8. The fraction of sp³-hybridized carbons (Fsp3) is 0.714. The standard InChI is InChI=1S/C21H31BrO2/c1-12(2)15-17(22)13-11-14-20(3,4)9-8-10-21(14,5)16(13)19(24-7)18(15)23-6/h12,14H,8-11H2,1-7H3/t14-,21+/m1/s1. The second-order valence-electron chi connectivity index (χ2n) is 8.82. The normalized spacial score (nSPS) is 27.8. The lowest BCUT2D eigenvalue weighted by atomic mass is 9.57. The first-order valence-electron chi connectivity index (χ1n) is 9.15. The van der Waals surface area contributed by atoms with Crippen LogP contribution in [0, 0.1) is 11.3 Å². The van der Waals surface area contributed by atoms with Crippen molar-refractivity contribution in [3.63, 3.8) is 0 Å². The van der Waals surface area contributed by atoms with Gasteiger partial charge in [0.1, 0.15) is 0 Å². The number of ether oxygens (including phenoxy) is 2. The van der Waals surface area contributed by atoms with Crippen molar-refractivity contribution in [2.75, 3.05) is 14.2 Å². The molecule has 1 fully saturated rings. The maximum Gasteiger partial charge on any atom is 0.165 e. The van der Waals surface area contributed by atoms with Crippen LogP contribution in [0.3, 0.4) is 0 Å². The van der Waals surface area contributed by atoms with Crippen molar-refractivity contribution in [3.05, 3.63) is 21.2 Å². The molecule has 0 N–H and O–H groups in total. The fourth-order valence-corrected chi connectivity index (χ4v) is 6.58. The lowest BCUT2D eigenvalue weighted by Gasteiger charge is -2.48. The first-order valence-corrected chi connectivity index (χ1v) is 9.95. The number of methoxy groups -OCH3 is 2. The van der Waals surface area contributed by atoms with Crippen LogP contribution < -0.4 is 9.47 Å². The number of halogens is 1. The first kappa shape index (κ1) is 18.1. The molecule has 3 rings (SSSR count). The van der Waals surface area contributed by atoms with Crippen molar-refractivity contribution in [2.45, 2.75) is 71.6 Å². The maximum absolute atomic E-state index is 5.96. The fourth-order valence-electron chi connectivity index (χ4n) is 5.58. The van der Waals surface area contributed by atoms with Gasteiger partial charge < -0.3 is 9.47 Å². The third-order valence-electron chi connectivity index (χ3n) is 6.68. The highest BCUT2D eigenvalue weighted by molar-refractivity contribution is 9.10. The molecule has 2 aliphatic rings. The molecular weight excluding hydrogens is 364 g/mol. The van der Waals surface area contributed by atoms with Crippen LogP contribution in [0.1, 0.15) is 76.5 Å². The van der Waals surface area contributed by atoms with Crippen LogP contribution >= 0.6 is 15.9 Å². The van der Waals surface area contributed by atoms with Gasteiger partial charge in [-0.1, -0.05) is 57.0 Å². The van der Waals surface area contributed by atoms with Crippen molar-refractivity contribution in [1.82, 2.24) is 0 Å². The molecule has 0 saturated heterocycles. The van der Waals surface area contributed by atoms with Crippen LogP contribution in [0.2, 0.25) is 0 Å². The molecule has 0 aromatic heterocycles. The van der Waals surface area contributed by atoms with Gasteiger partial charge in [-0.3, -0.25) is 0 Å². The lowest BCUT2D eigenvalue weighted by Crippen LogP contribution is -2.42. The van der Waals surface area contributed by atoms with E-state index in [2.05, 4.69) is 50.5 Å². The summed E-state index contributed by atoms with van der Waals surface area (Å²) in [4.78, 5) is 0. The SMILES string of the molecule is COc1c(OC)c2c(c(Br)c1C(C)C)C[C@@H]1C(C)(C)CCC[C@]21C. The van der Waals surface area contributed by atoms with Crippen molar-refractivity contribution < 1.29 is 9.47 Å². The molecule has 2 atom stereocenters. The van der Waals surface area contributed by atoms with Crippen LogP contribution in [0.5, 0.6) is 11.5 Å². The molecule has 1 aromatic carbocycles. The molecule has 0 spiro atoms. The Hall–Kier alpha value is -0.700. The van der Waals surface area contributed by atoms with E-state index >= 15 is 0 Å². The maximum atomic E-state index is 5.96. The molecule has 0 unspecified atom stereocenters. The predicted molar refractivity (Wildman–Crippen MR) is 104 cm³/mol. The zero-order valence-electron chi connectivity index (χ0n) is 16.2. The quantitative estimate of drug-likeness (QED) is 0.604. The second-order valence-corrected chi connectivity index (χ2v) is 9.61. The average Bonchev–Trinajstić information content (AvgIpc) is 2.82. The van der Waals surface area contributed by atoms with Crippen molar-refractivity contribution >= 4 is 15.9 Å². The first-order chi connectivity index (χ1) is 11.2. The summed E-state index contributed by atoms with van der Waals surface area (Å²) in [5, 5.41) is 0. The third kappa shape index (κ3) is 2.34. The second kappa shape index (κ2) is 5.93. The summed E-state index contributed by atoms with van der Waals surface area (Å²) in [6, 6.07) is 0. The van der Waals surface area contributed by atoms with Crippen LogP contribution in [-0.4, -0.2) is 14.2 Å². The number of hydrogen-bond donors (Lipinski definition) is 0. The highest BCUT2D eigenvalue weighted by atomic mass is 79.9. The Kier molecular flexibility index (Phi) is 4.47. The zero-order chi connectivity index (χ0) is 17.9. The van der Waals surface area contributed by atoms with Gasteiger partial charge in [-0.2, -0.15) is 0 Å². The molecule has 24 heavy (non-hydrogen) atoms. The Morgan fingerprint density at radius 2 is 1.67 bits per heavy atom. The Bertz CT molecular complexity index is 663. The minimum atomic E-state index is 0.174. The predicted octanol–water partition coefficient (Wildman–Crippen LogP) is 6.23. The summed E-state index contributed by atoms with van der Waals surface area (Å²) < 4.78 is 13.1. The number of fused-ring (bicyclic) bond motifs is 3. The third-order valence-corrected chi connectivity index (χ3v) is 7.58. The van der Waals surface area contributed by atoms with Gasteiger partial charge in [0, 0.05) is 21.0 Å². The van der Waals surface area contributed by atoms with Gasteiger partial charge in [0.2, 0.25) is 0 Å². The molecule has 0 bridgehead atoms. The van der Waals surface area contributed by atoms with Crippen molar-refractivity contribution in [3.8, 4) is 11.5 Å². The Morgan fingerprint density at radius 3 is 2.21 bits per heavy atom. The summed E-state index contributed by atoms with van der Waals surface area (Å²) in [5.41, 5.74) is 4.64. The average molecular weight is 395 g/mol. The van der Waals surface area contributed by atoms with E-state index in [1.165, 1.54) is 40.4 Å².